The van der Waals surface area contributed by atoms with E-state index in [1.54, 1.807) is 39.0 Å². The zero-order valence-electron chi connectivity index (χ0n) is 24.3. The number of carbonyl (C=O) groups is 3. The number of para-hydroxylation sites is 1. The van der Waals surface area contributed by atoms with Crippen LogP contribution in [0.3, 0.4) is 0 Å². The summed E-state index contributed by atoms with van der Waals surface area (Å²) in [6.07, 6.45) is 0.855. The Morgan fingerprint density at radius 3 is 2.05 bits per heavy atom. The summed E-state index contributed by atoms with van der Waals surface area (Å²) in [4.78, 5) is 42.5. The van der Waals surface area contributed by atoms with Gasteiger partial charge < -0.3 is 25.4 Å². The molecule has 0 heterocycles. The lowest BCUT2D eigenvalue weighted by atomic mass is 9.99. The van der Waals surface area contributed by atoms with E-state index >= 15 is 0 Å². The predicted octanol–water partition coefficient (Wildman–Crippen LogP) is 5.51. The molecule has 0 aliphatic carbocycles. The van der Waals surface area contributed by atoms with E-state index in [4.69, 9.17) is 4.74 Å². The van der Waals surface area contributed by atoms with Crippen molar-refractivity contribution in [2.24, 2.45) is 0 Å². The van der Waals surface area contributed by atoms with Gasteiger partial charge in [-0.3, -0.25) is 9.59 Å². The Balaban J connectivity index is 2.01. The Bertz CT molecular complexity index is 1270. The van der Waals surface area contributed by atoms with Crippen molar-refractivity contribution in [2.45, 2.75) is 71.2 Å². The van der Waals surface area contributed by atoms with Gasteiger partial charge in [-0.1, -0.05) is 92.2 Å². The molecule has 2 atom stereocenters. The predicted molar refractivity (Wildman–Crippen MR) is 159 cm³/mol. The Hall–Kier alpha value is -4.33. The second-order valence-corrected chi connectivity index (χ2v) is 10.9. The number of hydrogen-bond donors (Lipinski definition) is 3. The van der Waals surface area contributed by atoms with Crippen LogP contribution in [0.15, 0.2) is 84.9 Å². The lowest BCUT2D eigenvalue weighted by molar-refractivity contribution is -0.142. The lowest BCUT2D eigenvalue weighted by Gasteiger charge is -2.35. The number of phenols is 1. The van der Waals surface area contributed by atoms with Crippen molar-refractivity contribution < 1.29 is 24.2 Å². The summed E-state index contributed by atoms with van der Waals surface area (Å²) in [7, 11) is 0. The summed E-state index contributed by atoms with van der Waals surface area (Å²) < 4.78 is 5.48. The molecule has 0 aromatic heterocycles. The molecule has 41 heavy (non-hydrogen) atoms. The van der Waals surface area contributed by atoms with Crippen LogP contribution >= 0.6 is 0 Å². The molecule has 3 rings (SSSR count). The van der Waals surface area contributed by atoms with Crippen molar-refractivity contribution in [1.82, 2.24) is 15.5 Å². The monoisotopic (exact) mass is 559 g/mol. The minimum atomic E-state index is -1.13. The maximum absolute atomic E-state index is 14.4. The van der Waals surface area contributed by atoms with E-state index in [0.29, 0.717) is 12.0 Å². The topological polar surface area (TPSA) is 108 Å². The standard InChI is InChI=1S/C33H41N3O5/c1-5-6-21-36(31(39)27(22-24-15-9-7-10-16-24)35-32(40)41-33(2,3)4)29(26-19-13-14-20-28(26)37)30(38)34-23-25-17-11-8-12-18-25/h7-20,27,29,37H,5-6,21-23H2,1-4H3,(H,34,38)(H,35,40). The summed E-state index contributed by atoms with van der Waals surface area (Å²) in [6.45, 7) is 7.74. The number of phenolic OH excluding ortho intramolecular Hbond substituents is 1. The Morgan fingerprint density at radius 1 is 0.878 bits per heavy atom. The van der Waals surface area contributed by atoms with Crippen LogP contribution in [0, 0.1) is 0 Å². The highest BCUT2D eigenvalue weighted by Gasteiger charge is 2.37. The first-order valence-electron chi connectivity index (χ1n) is 14.0. The second kappa shape index (κ2) is 14.9. The number of ether oxygens (including phenoxy) is 1. The molecule has 218 valence electrons. The quantitative estimate of drug-likeness (QED) is 0.271. The molecule has 0 fully saturated rings. The lowest BCUT2D eigenvalue weighted by Crippen LogP contribution is -2.54. The van der Waals surface area contributed by atoms with Gasteiger partial charge in [0.15, 0.2) is 0 Å². The van der Waals surface area contributed by atoms with Gasteiger partial charge in [0.1, 0.15) is 23.4 Å². The van der Waals surface area contributed by atoms with Crippen LogP contribution in [0.4, 0.5) is 4.79 Å². The van der Waals surface area contributed by atoms with Gasteiger partial charge in [-0.15, -0.1) is 0 Å². The molecule has 8 nitrogen and oxygen atoms in total. The van der Waals surface area contributed by atoms with Gasteiger partial charge in [0, 0.05) is 25.1 Å². The van der Waals surface area contributed by atoms with E-state index in [1.165, 1.54) is 11.0 Å². The number of hydrogen-bond acceptors (Lipinski definition) is 5. The van der Waals surface area contributed by atoms with E-state index in [9.17, 15) is 19.5 Å². The molecule has 0 spiro atoms. The molecule has 8 heteroatoms. The van der Waals surface area contributed by atoms with Gasteiger partial charge >= 0.3 is 6.09 Å². The third kappa shape index (κ3) is 9.67. The minimum Gasteiger partial charge on any atom is -0.508 e. The van der Waals surface area contributed by atoms with Gasteiger partial charge in [0.2, 0.25) is 11.8 Å². The van der Waals surface area contributed by atoms with Crippen molar-refractivity contribution in [1.29, 1.82) is 0 Å². The zero-order valence-corrected chi connectivity index (χ0v) is 24.3. The number of alkyl carbamates (subject to hydrolysis) is 1. The molecule has 3 aromatic carbocycles. The van der Waals surface area contributed by atoms with Crippen molar-refractivity contribution in [2.75, 3.05) is 6.54 Å². The molecule has 0 aliphatic rings. The highest BCUT2D eigenvalue weighted by molar-refractivity contribution is 5.92. The molecule has 3 amide bonds. The van der Waals surface area contributed by atoms with Gasteiger partial charge in [0.25, 0.3) is 0 Å². The number of aromatic hydroxyl groups is 1. The highest BCUT2D eigenvalue weighted by Crippen LogP contribution is 2.30. The van der Waals surface area contributed by atoms with Gasteiger partial charge in [-0.2, -0.15) is 0 Å². The van der Waals surface area contributed by atoms with Gasteiger partial charge in [0.05, 0.1) is 0 Å². The zero-order chi connectivity index (χ0) is 29.8. The number of carbonyl (C=O) groups excluding carboxylic acids is 3. The van der Waals surface area contributed by atoms with Crippen LogP contribution in [0.1, 0.15) is 63.3 Å². The van der Waals surface area contributed by atoms with E-state index in [2.05, 4.69) is 10.6 Å². The Labute approximate surface area is 242 Å². The minimum absolute atomic E-state index is 0.0960. The van der Waals surface area contributed by atoms with Crippen LogP contribution in [0.25, 0.3) is 0 Å². The molecular weight excluding hydrogens is 518 g/mol. The molecule has 0 aliphatic heterocycles. The summed E-state index contributed by atoms with van der Waals surface area (Å²) >= 11 is 0. The normalized spacial score (nSPS) is 12.6. The smallest absolute Gasteiger partial charge is 0.408 e. The van der Waals surface area contributed by atoms with E-state index in [0.717, 1.165) is 17.5 Å². The van der Waals surface area contributed by atoms with Crippen molar-refractivity contribution in [3.63, 3.8) is 0 Å². The molecule has 0 radical (unpaired) electrons. The fourth-order valence-corrected chi connectivity index (χ4v) is 4.45. The maximum atomic E-state index is 14.4. The third-order valence-electron chi connectivity index (χ3n) is 6.41. The summed E-state index contributed by atoms with van der Waals surface area (Å²) in [5, 5.41) is 16.5. The van der Waals surface area contributed by atoms with E-state index in [1.807, 2.05) is 67.6 Å². The number of unbranched alkanes of at least 4 members (excludes halogenated alkanes) is 1. The van der Waals surface area contributed by atoms with Crippen LogP contribution in [-0.2, 0) is 27.3 Å². The number of amides is 3. The van der Waals surface area contributed by atoms with E-state index < -0.39 is 35.6 Å². The molecule has 0 bridgehead atoms. The summed E-state index contributed by atoms with van der Waals surface area (Å²) in [5.41, 5.74) is 1.28. The maximum Gasteiger partial charge on any atom is 0.408 e. The van der Waals surface area contributed by atoms with Crippen LogP contribution in [-0.4, -0.2) is 46.1 Å². The number of rotatable bonds is 12. The molecule has 3 aromatic rings. The molecule has 0 saturated carbocycles. The van der Waals surface area contributed by atoms with Gasteiger partial charge in [-0.25, -0.2) is 4.79 Å². The van der Waals surface area contributed by atoms with Crippen molar-refractivity contribution in [3.8, 4) is 5.75 Å². The summed E-state index contributed by atoms with van der Waals surface area (Å²) in [6, 6.07) is 23.2. The molecule has 3 N–H and O–H groups in total. The average Bonchev–Trinajstić information content (AvgIpc) is 2.94. The first-order chi connectivity index (χ1) is 19.6. The molecule has 2 unspecified atom stereocenters. The van der Waals surface area contributed by atoms with Crippen LogP contribution < -0.4 is 10.6 Å². The average molecular weight is 560 g/mol. The molecular formula is C33H41N3O5. The Morgan fingerprint density at radius 2 is 1.46 bits per heavy atom. The first kappa shape index (κ1) is 31.2. The number of nitrogens with one attached hydrogen (secondary N) is 2. The fourth-order valence-electron chi connectivity index (χ4n) is 4.45. The van der Waals surface area contributed by atoms with Crippen LogP contribution in [0.5, 0.6) is 5.75 Å². The SMILES string of the molecule is CCCCN(C(=O)C(Cc1ccccc1)NC(=O)OC(C)(C)C)C(C(=O)NCc1ccccc1)c1ccccc1O. The van der Waals surface area contributed by atoms with E-state index in [-0.39, 0.29) is 25.3 Å². The van der Waals surface area contributed by atoms with Crippen LogP contribution in [0.2, 0.25) is 0 Å². The number of benzene rings is 3. The van der Waals surface area contributed by atoms with Crippen molar-refractivity contribution in [3.05, 3.63) is 102 Å². The third-order valence-corrected chi connectivity index (χ3v) is 6.41. The highest BCUT2D eigenvalue weighted by atomic mass is 16.6. The fraction of sp³-hybridized carbons (Fsp3) is 0.364. The summed E-state index contributed by atoms with van der Waals surface area (Å²) in [5.74, 6) is -0.979. The largest absolute Gasteiger partial charge is 0.508 e. The first-order valence-corrected chi connectivity index (χ1v) is 14.0. The second-order valence-electron chi connectivity index (χ2n) is 10.9. The Kier molecular flexibility index (Phi) is 11.3. The number of nitrogens with zero attached hydrogens (tertiary/aromatic N) is 1. The molecule has 0 saturated heterocycles. The van der Waals surface area contributed by atoms with Gasteiger partial charge in [-0.05, 0) is 44.4 Å². The van der Waals surface area contributed by atoms with Crippen molar-refractivity contribution >= 4 is 17.9 Å².